The number of benzene rings is 2. The number of ether oxygens (including phenoxy) is 1. The van der Waals surface area contributed by atoms with Crippen molar-refractivity contribution in [2.75, 3.05) is 12.4 Å². The highest BCUT2D eigenvalue weighted by Crippen LogP contribution is 2.39. The van der Waals surface area contributed by atoms with E-state index in [-0.39, 0.29) is 24.2 Å². The summed E-state index contributed by atoms with van der Waals surface area (Å²) in [7, 11) is -3.09. The van der Waals surface area contributed by atoms with Gasteiger partial charge in [0.05, 0.1) is 18.5 Å². The van der Waals surface area contributed by atoms with E-state index in [0.717, 1.165) is 40.7 Å². The fourth-order valence-electron chi connectivity index (χ4n) is 4.17. The standard InChI is InChI=1S/C23H24O4S/c1-16-15-28(25,26)22-14-27-21(23(16)22)12-9-19(18-5-3-2-4-6-18)13-17-7-10-20(24)11-8-17/h2-8,10-11,13,21-22,24H,9,12,14-15H2,1H3/b19-13-/t21-,22+/m1/s1. The zero-order valence-electron chi connectivity index (χ0n) is 15.8. The summed E-state index contributed by atoms with van der Waals surface area (Å²) in [6, 6.07) is 17.3. The molecule has 5 heteroatoms. The number of phenols is 1. The molecule has 0 spiro atoms. The van der Waals surface area contributed by atoms with Crippen LogP contribution in [0.3, 0.4) is 0 Å². The molecule has 4 rings (SSSR count). The van der Waals surface area contributed by atoms with Gasteiger partial charge in [0.1, 0.15) is 11.0 Å². The number of rotatable bonds is 5. The van der Waals surface area contributed by atoms with Gasteiger partial charge in [-0.3, -0.25) is 0 Å². The number of sulfone groups is 1. The summed E-state index contributed by atoms with van der Waals surface area (Å²) in [6.45, 7) is 2.20. The van der Waals surface area contributed by atoms with Crippen LogP contribution in [0.5, 0.6) is 5.75 Å². The Morgan fingerprint density at radius 1 is 1.14 bits per heavy atom. The van der Waals surface area contributed by atoms with Crippen molar-refractivity contribution >= 4 is 21.5 Å². The van der Waals surface area contributed by atoms with Crippen molar-refractivity contribution in [2.45, 2.75) is 31.1 Å². The third-order valence-corrected chi connectivity index (χ3v) is 7.63. The molecule has 4 nitrogen and oxygen atoms in total. The van der Waals surface area contributed by atoms with Gasteiger partial charge in [-0.15, -0.1) is 0 Å². The van der Waals surface area contributed by atoms with Gasteiger partial charge in [-0.05, 0) is 54.2 Å². The third kappa shape index (κ3) is 3.77. The number of fused-ring (bicyclic) bond motifs is 1. The number of phenolic OH excluding ortho intramolecular Hbond substituents is 1. The minimum Gasteiger partial charge on any atom is -0.508 e. The Hall–Kier alpha value is -2.37. The molecule has 0 saturated carbocycles. The predicted molar refractivity (Wildman–Crippen MR) is 112 cm³/mol. The van der Waals surface area contributed by atoms with Gasteiger partial charge < -0.3 is 9.84 Å². The first kappa shape index (κ1) is 19.0. The Balaban J connectivity index is 1.57. The van der Waals surface area contributed by atoms with Crippen LogP contribution in [0.15, 0.2) is 65.7 Å². The number of aromatic hydroxyl groups is 1. The molecule has 2 aliphatic heterocycles. The lowest BCUT2D eigenvalue weighted by molar-refractivity contribution is 0.118. The smallest absolute Gasteiger partial charge is 0.163 e. The summed E-state index contributed by atoms with van der Waals surface area (Å²) in [5.41, 5.74) is 5.25. The van der Waals surface area contributed by atoms with Crippen LogP contribution < -0.4 is 0 Å². The van der Waals surface area contributed by atoms with Gasteiger partial charge in [-0.25, -0.2) is 8.42 Å². The predicted octanol–water partition coefficient (Wildman–Crippen LogP) is 4.23. The maximum absolute atomic E-state index is 12.3. The second-order valence-electron chi connectivity index (χ2n) is 7.52. The topological polar surface area (TPSA) is 63.6 Å². The molecule has 2 atom stereocenters. The van der Waals surface area contributed by atoms with Gasteiger partial charge >= 0.3 is 0 Å². The average molecular weight is 397 g/mol. The van der Waals surface area contributed by atoms with E-state index in [2.05, 4.69) is 18.2 Å². The number of allylic oxidation sites excluding steroid dienone is 1. The summed E-state index contributed by atoms with van der Waals surface area (Å²) in [5, 5.41) is 9.07. The Morgan fingerprint density at radius 2 is 1.86 bits per heavy atom. The molecule has 28 heavy (non-hydrogen) atoms. The monoisotopic (exact) mass is 396 g/mol. The first-order valence-electron chi connectivity index (χ1n) is 9.52. The van der Waals surface area contributed by atoms with Crippen molar-refractivity contribution in [3.05, 3.63) is 76.9 Å². The molecule has 1 N–H and O–H groups in total. The van der Waals surface area contributed by atoms with Crippen molar-refractivity contribution < 1.29 is 18.3 Å². The molecule has 0 radical (unpaired) electrons. The molecular formula is C23H24O4S. The summed E-state index contributed by atoms with van der Waals surface area (Å²) in [4.78, 5) is 0. The summed E-state index contributed by atoms with van der Waals surface area (Å²) >= 11 is 0. The van der Waals surface area contributed by atoms with Crippen LogP contribution in [0, 0.1) is 0 Å². The molecule has 0 aromatic heterocycles. The Kier molecular flexibility index (Phi) is 5.13. The summed E-state index contributed by atoms with van der Waals surface area (Å²) in [5.74, 6) is 0.413. The SMILES string of the molecule is CC1=C2[C@@H](CC/C(=C/c3ccc(O)cc3)c3ccccc3)OC[C@@H]2S(=O)(=O)C1. The fraction of sp³-hybridized carbons (Fsp3) is 0.304. The van der Waals surface area contributed by atoms with Crippen molar-refractivity contribution in [3.8, 4) is 5.75 Å². The normalized spacial score (nSPS) is 23.8. The average Bonchev–Trinajstić information content (AvgIpc) is 3.21. The lowest BCUT2D eigenvalue weighted by atomic mass is 9.94. The van der Waals surface area contributed by atoms with Crippen LogP contribution in [-0.4, -0.2) is 37.2 Å². The fourth-order valence-corrected chi connectivity index (χ4v) is 6.17. The first-order chi connectivity index (χ1) is 13.4. The number of hydrogen-bond acceptors (Lipinski definition) is 4. The third-order valence-electron chi connectivity index (χ3n) is 5.54. The zero-order chi connectivity index (χ0) is 19.7. The molecule has 0 unspecified atom stereocenters. The maximum atomic E-state index is 12.3. The highest BCUT2D eigenvalue weighted by atomic mass is 32.2. The molecule has 0 aliphatic carbocycles. The van der Waals surface area contributed by atoms with Crippen molar-refractivity contribution in [2.24, 2.45) is 0 Å². The summed E-state index contributed by atoms with van der Waals surface area (Å²) in [6.07, 6.45) is 3.51. The molecule has 0 bridgehead atoms. The highest BCUT2D eigenvalue weighted by molar-refractivity contribution is 7.92. The summed E-state index contributed by atoms with van der Waals surface area (Å²) < 4.78 is 30.4. The van der Waals surface area contributed by atoms with Gasteiger partial charge in [0.15, 0.2) is 9.84 Å². The van der Waals surface area contributed by atoms with Gasteiger partial charge in [-0.2, -0.15) is 0 Å². The molecular weight excluding hydrogens is 372 g/mol. The van der Waals surface area contributed by atoms with Crippen LogP contribution in [0.2, 0.25) is 0 Å². The second kappa shape index (κ2) is 7.57. The van der Waals surface area contributed by atoms with Crippen LogP contribution in [0.25, 0.3) is 11.6 Å². The van der Waals surface area contributed by atoms with E-state index in [1.54, 1.807) is 12.1 Å². The van der Waals surface area contributed by atoms with Gasteiger partial charge in [0, 0.05) is 0 Å². The zero-order valence-corrected chi connectivity index (χ0v) is 16.7. The van der Waals surface area contributed by atoms with Gasteiger partial charge in [0.2, 0.25) is 0 Å². The lowest BCUT2D eigenvalue weighted by Gasteiger charge is -2.15. The Bertz CT molecular complexity index is 1020. The first-order valence-corrected chi connectivity index (χ1v) is 11.2. The lowest BCUT2D eigenvalue weighted by Crippen LogP contribution is -2.19. The molecule has 2 aromatic carbocycles. The molecule has 1 saturated heterocycles. The van der Waals surface area contributed by atoms with Crippen LogP contribution >= 0.6 is 0 Å². The highest BCUT2D eigenvalue weighted by Gasteiger charge is 2.45. The van der Waals surface area contributed by atoms with Gasteiger partial charge in [0.25, 0.3) is 0 Å². The molecule has 146 valence electrons. The largest absolute Gasteiger partial charge is 0.508 e. The quantitative estimate of drug-likeness (QED) is 0.607. The molecule has 2 heterocycles. The van der Waals surface area contributed by atoms with E-state index >= 15 is 0 Å². The van der Waals surface area contributed by atoms with E-state index in [1.165, 1.54) is 0 Å². The molecule has 0 amide bonds. The maximum Gasteiger partial charge on any atom is 0.163 e. The van der Waals surface area contributed by atoms with E-state index in [1.807, 2.05) is 37.3 Å². The Morgan fingerprint density at radius 3 is 2.57 bits per heavy atom. The number of hydrogen-bond donors (Lipinski definition) is 1. The second-order valence-corrected chi connectivity index (χ2v) is 9.70. The molecule has 2 aromatic rings. The van der Waals surface area contributed by atoms with Crippen LogP contribution in [-0.2, 0) is 14.6 Å². The van der Waals surface area contributed by atoms with E-state index in [4.69, 9.17) is 4.74 Å². The Labute approximate surface area is 166 Å². The van der Waals surface area contributed by atoms with Gasteiger partial charge in [-0.1, -0.05) is 54.1 Å². The van der Waals surface area contributed by atoms with Crippen molar-refractivity contribution in [1.82, 2.24) is 0 Å². The van der Waals surface area contributed by atoms with Crippen molar-refractivity contribution in [3.63, 3.8) is 0 Å². The molecule has 2 aliphatic rings. The van der Waals surface area contributed by atoms with E-state index in [9.17, 15) is 13.5 Å². The van der Waals surface area contributed by atoms with Crippen LogP contribution in [0.1, 0.15) is 30.9 Å². The van der Waals surface area contributed by atoms with Crippen LogP contribution in [0.4, 0.5) is 0 Å². The minimum absolute atomic E-state index is 0.130. The molecule has 1 fully saturated rings. The van der Waals surface area contributed by atoms with E-state index in [0.29, 0.717) is 0 Å². The van der Waals surface area contributed by atoms with Crippen molar-refractivity contribution in [1.29, 1.82) is 0 Å². The van der Waals surface area contributed by atoms with E-state index < -0.39 is 15.1 Å². The minimum atomic E-state index is -3.09.